The first-order valence-corrected chi connectivity index (χ1v) is 10.9. The first kappa shape index (κ1) is 25.7. The van der Waals surface area contributed by atoms with E-state index in [1.165, 1.54) is 12.1 Å². The zero-order valence-corrected chi connectivity index (χ0v) is 19.2. The first-order chi connectivity index (χ1) is 16.6. The van der Waals surface area contributed by atoms with Crippen LogP contribution in [0.15, 0.2) is 72.8 Å². The molecule has 182 valence electrons. The van der Waals surface area contributed by atoms with E-state index in [-0.39, 0.29) is 0 Å². The molecule has 0 spiro atoms. The van der Waals surface area contributed by atoms with E-state index in [0.29, 0.717) is 11.1 Å². The molecule has 8 heteroatoms. The second-order valence-corrected chi connectivity index (χ2v) is 8.04. The van der Waals surface area contributed by atoms with Gasteiger partial charge >= 0.3 is 12.1 Å². The Hall–Kier alpha value is -3.94. The van der Waals surface area contributed by atoms with Gasteiger partial charge in [0.25, 0.3) is 0 Å². The third kappa shape index (κ3) is 6.79. The summed E-state index contributed by atoms with van der Waals surface area (Å²) in [5.41, 5.74) is 1.37. The van der Waals surface area contributed by atoms with E-state index < -0.39 is 54.0 Å². The van der Waals surface area contributed by atoms with Crippen molar-refractivity contribution in [1.29, 1.82) is 0 Å². The van der Waals surface area contributed by atoms with Crippen LogP contribution in [0.2, 0.25) is 0 Å². The van der Waals surface area contributed by atoms with Gasteiger partial charge in [-0.05, 0) is 43.2 Å². The highest BCUT2D eigenvalue weighted by Gasteiger charge is 2.33. The summed E-state index contributed by atoms with van der Waals surface area (Å²) in [5, 5.41) is 2.18. The van der Waals surface area contributed by atoms with Crippen molar-refractivity contribution < 1.29 is 32.3 Å². The van der Waals surface area contributed by atoms with Crippen molar-refractivity contribution in [2.24, 2.45) is 0 Å². The Kier molecular flexibility index (Phi) is 8.06. The fraction of sp³-hybridized carbons (Fsp3) is 0.222. The van der Waals surface area contributed by atoms with Gasteiger partial charge in [-0.15, -0.1) is 0 Å². The number of aryl methyl sites for hydroxylation is 2. The first-order valence-electron chi connectivity index (χ1n) is 10.9. The maximum absolute atomic E-state index is 13.2. The summed E-state index contributed by atoms with van der Waals surface area (Å²) in [6, 6.07) is 18.2. The second-order valence-electron chi connectivity index (χ2n) is 8.04. The highest BCUT2D eigenvalue weighted by molar-refractivity contribution is 6.01. The molecule has 0 saturated carbocycles. The van der Waals surface area contributed by atoms with Crippen LogP contribution < -0.4 is 5.32 Å². The largest absolute Gasteiger partial charge is 0.449 e. The van der Waals surface area contributed by atoms with Gasteiger partial charge in [0.05, 0.1) is 17.7 Å². The number of carbonyl (C=O) groups excluding carboxylic acids is 3. The van der Waals surface area contributed by atoms with Gasteiger partial charge in [0.1, 0.15) is 0 Å². The summed E-state index contributed by atoms with van der Waals surface area (Å²) in [7, 11) is 0. The number of esters is 1. The van der Waals surface area contributed by atoms with E-state index in [1.807, 2.05) is 13.8 Å². The van der Waals surface area contributed by atoms with Crippen molar-refractivity contribution in [3.8, 4) is 0 Å². The minimum absolute atomic E-state index is 0.372. The minimum Gasteiger partial charge on any atom is -0.449 e. The third-order valence-electron chi connectivity index (χ3n) is 5.44. The number of hydrogen-bond donors (Lipinski definition) is 1. The number of hydrogen-bond acceptors (Lipinski definition) is 4. The lowest BCUT2D eigenvalue weighted by atomic mass is 9.97. The van der Waals surface area contributed by atoms with Crippen molar-refractivity contribution in [1.82, 2.24) is 0 Å². The number of ketones is 1. The molecule has 1 amide bonds. The zero-order valence-electron chi connectivity index (χ0n) is 19.2. The monoisotopic (exact) mass is 483 g/mol. The summed E-state index contributed by atoms with van der Waals surface area (Å²) in [6.45, 7) is 3.78. The highest BCUT2D eigenvalue weighted by atomic mass is 19.4. The van der Waals surface area contributed by atoms with Gasteiger partial charge < -0.3 is 10.1 Å². The molecule has 1 N–H and O–H groups in total. The summed E-state index contributed by atoms with van der Waals surface area (Å²) in [5.74, 6) is -2.03. The average Bonchev–Trinajstić information content (AvgIpc) is 2.83. The van der Waals surface area contributed by atoms with Crippen LogP contribution in [0, 0.1) is 13.8 Å². The van der Waals surface area contributed by atoms with Gasteiger partial charge in [-0.2, -0.15) is 13.2 Å². The van der Waals surface area contributed by atoms with Gasteiger partial charge in [-0.1, -0.05) is 54.6 Å². The lowest BCUT2D eigenvalue weighted by molar-refractivity contribution is -0.148. The normalized spacial score (nSPS) is 12.0. The Morgan fingerprint density at radius 3 is 2.17 bits per heavy atom. The molecule has 5 nitrogen and oxygen atoms in total. The molecular weight excluding hydrogens is 459 g/mol. The van der Waals surface area contributed by atoms with Crippen LogP contribution in [0.4, 0.5) is 18.9 Å². The van der Waals surface area contributed by atoms with Crippen molar-refractivity contribution in [3.63, 3.8) is 0 Å². The highest BCUT2D eigenvalue weighted by Crippen LogP contribution is 2.34. The Labute approximate surface area is 200 Å². The van der Waals surface area contributed by atoms with E-state index in [2.05, 4.69) is 5.32 Å². The topological polar surface area (TPSA) is 72.5 Å². The van der Waals surface area contributed by atoms with Crippen molar-refractivity contribution in [2.75, 3.05) is 5.32 Å². The molecule has 35 heavy (non-hydrogen) atoms. The Balaban J connectivity index is 1.69. The molecular formula is C27H24F3NO4. The number of Topliss-reactive ketones (excluding diaryl/α,β-unsaturated/α-hetero) is 1. The molecule has 3 rings (SSSR count). The van der Waals surface area contributed by atoms with Crippen LogP contribution in [-0.4, -0.2) is 17.7 Å². The van der Waals surface area contributed by atoms with Crippen LogP contribution in [0.1, 0.15) is 51.6 Å². The van der Waals surface area contributed by atoms with E-state index in [0.717, 1.165) is 23.3 Å². The summed E-state index contributed by atoms with van der Waals surface area (Å²) < 4.78 is 44.8. The Morgan fingerprint density at radius 2 is 1.51 bits per heavy atom. The Morgan fingerprint density at radius 1 is 0.857 bits per heavy atom. The van der Waals surface area contributed by atoms with E-state index >= 15 is 0 Å². The predicted molar refractivity (Wildman–Crippen MR) is 125 cm³/mol. The second kappa shape index (κ2) is 11.0. The number of alkyl halides is 3. The van der Waals surface area contributed by atoms with Gasteiger partial charge in [-0.3, -0.25) is 14.4 Å². The molecule has 0 saturated heterocycles. The van der Waals surface area contributed by atoms with Gasteiger partial charge in [0.2, 0.25) is 11.7 Å². The van der Waals surface area contributed by atoms with Crippen LogP contribution in [0.5, 0.6) is 0 Å². The average molecular weight is 483 g/mol. The fourth-order valence-electron chi connectivity index (χ4n) is 3.40. The maximum Gasteiger partial charge on any atom is 0.418 e. The number of benzene rings is 3. The summed E-state index contributed by atoms with van der Waals surface area (Å²) >= 11 is 0. The molecule has 0 heterocycles. The molecule has 0 bridgehead atoms. The summed E-state index contributed by atoms with van der Waals surface area (Å²) in [6.07, 6.45) is -6.69. The van der Waals surface area contributed by atoms with Gasteiger partial charge in [0.15, 0.2) is 6.10 Å². The van der Waals surface area contributed by atoms with Gasteiger partial charge in [0, 0.05) is 17.5 Å². The number of nitrogens with one attached hydrogen (secondary N) is 1. The van der Waals surface area contributed by atoms with Crippen molar-refractivity contribution in [2.45, 2.75) is 39.0 Å². The SMILES string of the molecule is Cc1ccc(C(=O)C(OC(=O)CCC(=O)Nc2ccccc2C(F)(F)F)c2ccccc2)cc1C. The lowest BCUT2D eigenvalue weighted by Crippen LogP contribution is -2.22. The number of halogens is 3. The number of amides is 1. The van der Waals surface area contributed by atoms with Gasteiger partial charge in [-0.25, -0.2) is 0 Å². The number of rotatable bonds is 8. The lowest BCUT2D eigenvalue weighted by Gasteiger charge is -2.18. The van der Waals surface area contributed by atoms with Crippen LogP contribution >= 0.6 is 0 Å². The molecule has 3 aromatic carbocycles. The number of para-hydroxylation sites is 1. The molecule has 0 aliphatic carbocycles. The molecule has 1 atom stereocenters. The zero-order chi connectivity index (χ0) is 25.6. The number of anilines is 1. The molecule has 0 aromatic heterocycles. The quantitative estimate of drug-likeness (QED) is 0.306. The van der Waals surface area contributed by atoms with Crippen LogP contribution in [0.3, 0.4) is 0 Å². The maximum atomic E-state index is 13.2. The molecule has 0 radical (unpaired) electrons. The number of carbonyl (C=O) groups is 3. The van der Waals surface area contributed by atoms with E-state index in [1.54, 1.807) is 48.5 Å². The van der Waals surface area contributed by atoms with Crippen molar-refractivity contribution in [3.05, 3.63) is 101 Å². The van der Waals surface area contributed by atoms with Crippen LogP contribution in [-0.2, 0) is 20.5 Å². The summed E-state index contributed by atoms with van der Waals surface area (Å²) in [4.78, 5) is 37.9. The smallest absolute Gasteiger partial charge is 0.418 e. The molecule has 1 unspecified atom stereocenters. The molecule has 3 aromatic rings. The van der Waals surface area contributed by atoms with Crippen LogP contribution in [0.25, 0.3) is 0 Å². The molecule has 0 aliphatic heterocycles. The minimum atomic E-state index is -4.64. The molecule has 0 aliphatic rings. The Bertz CT molecular complexity index is 1220. The standard InChI is InChI=1S/C27H24F3NO4/c1-17-12-13-20(16-18(17)2)25(34)26(19-8-4-3-5-9-19)35-24(33)15-14-23(32)31-22-11-7-6-10-21(22)27(28,29)30/h3-13,16,26H,14-15H2,1-2H3,(H,31,32). The third-order valence-corrected chi connectivity index (χ3v) is 5.44. The predicted octanol–water partition coefficient (Wildman–Crippen LogP) is 6.21. The van der Waals surface area contributed by atoms with Crippen molar-refractivity contribution >= 4 is 23.3 Å². The fourth-order valence-corrected chi connectivity index (χ4v) is 3.40. The van der Waals surface area contributed by atoms with E-state index in [4.69, 9.17) is 4.74 Å². The van der Waals surface area contributed by atoms with E-state index in [9.17, 15) is 27.6 Å². The number of ether oxygens (including phenoxy) is 1. The molecule has 0 fully saturated rings.